The van der Waals surface area contributed by atoms with Crippen molar-refractivity contribution in [2.24, 2.45) is 0 Å². The summed E-state index contributed by atoms with van der Waals surface area (Å²) in [6, 6.07) is 18.0. The number of hydrogen-bond acceptors (Lipinski definition) is 7. The number of ether oxygens (including phenoxy) is 3. The number of carbonyl (C=O) groups excluding carboxylic acids is 4. The van der Waals surface area contributed by atoms with Crippen LogP contribution in [0.5, 0.6) is 5.75 Å². The van der Waals surface area contributed by atoms with Gasteiger partial charge in [-0.15, -0.1) is 0 Å². The molecule has 0 fully saturated rings. The van der Waals surface area contributed by atoms with Gasteiger partial charge in [-0.3, -0.25) is 14.5 Å². The van der Waals surface area contributed by atoms with Crippen LogP contribution in [-0.4, -0.2) is 42.9 Å². The van der Waals surface area contributed by atoms with Crippen molar-refractivity contribution in [1.29, 1.82) is 0 Å². The van der Waals surface area contributed by atoms with E-state index in [1.54, 1.807) is 66.7 Å². The predicted molar refractivity (Wildman–Crippen MR) is 121 cm³/mol. The maximum atomic E-state index is 12.8. The van der Waals surface area contributed by atoms with Crippen molar-refractivity contribution in [2.75, 3.05) is 14.2 Å². The van der Waals surface area contributed by atoms with Crippen molar-refractivity contribution in [3.63, 3.8) is 0 Å². The van der Waals surface area contributed by atoms with Gasteiger partial charge in [0.2, 0.25) is 0 Å². The summed E-state index contributed by atoms with van der Waals surface area (Å²) in [6.45, 7) is -0.0162. The molecular formula is C26H21NO7. The van der Waals surface area contributed by atoms with Crippen molar-refractivity contribution in [1.82, 2.24) is 4.90 Å². The molecule has 0 saturated carbocycles. The van der Waals surface area contributed by atoms with E-state index in [-0.39, 0.29) is 30.5 Å². The molecule has 172 valence electrons. The van der Waals surface area contributed by atoms with Crippen LogP contribution in [0.3, 0.4) is 0 Å². The SMILES string of the molecule is COC(=O)c1ccc(COC(=O)c2cc(CN3C(=O)c4ccccc4C3=O)ccc2OC)cc1. The third kappa shape index (κ3) is 4.38. The zero-order valence-electron chi connectivity index (χ0n) is 18.6. The minimum Gasteiger partial charge on any atom is -0.496 e. The minimum absolute atomic E-state index is 0.00557. The van der Waals surface area contributed by atoms with Gasteiger partial charge >= 0.3 is 11.9 Å². The molecule has 0 N–H and O–H groups in total. The number of fused-ring (bicyclic) bond motifs is 1. The van der Waals surface area contributed by atoms with Gasteiger partial charge in [0.1, 0.15) is 17.9 Å². The molecule has 0 spiro atoms. The quantitative estimate of drug-likeness (QED) is 0.393. The Morgan fingerprint density at radius 3 is 2.00 bits per heavy atom. The average molecular weight is 459 g/mol. The molecule has 0 unspecified atom stereocenters. The standard InChI is InChI=1S/C26H21NO7/c1-32-22-12-9-17(14-27-23(28)19-5-3-4-6-20(19)24(27)29)13-21(22)26(31)34-15-16-7-10-18(11-8-16)25(30)33-2/h3-13H,14-15H2,1-2H3. The molecule has 0 aliphatic carbocycles. The molecule has 3 aromatic rings. The van der Waals surface area contributed by atoms with Crippen LogP contribution >= 0.6 is 0 Å². The number of imide groups is 1. The summed E-state index contributed by atoms with van der Waals surface area (Å²) >= 11 is 0. The topological polar surface area (TPSA) is 99.2 Å². The Bertz CT molecular complexity index is 1250. The van der Waals surface area contributed by atoms with Crippen LogP contribution in [0.4, 0.5) is 0 Å². The highest BCUT2D eigenvalue weighted by Crippen LogP contribution is 2.27. The molecule has 0 radical (unpaired) electrons. The van der Waals surface area contributed by atoms with Crippen molar-refractivity contribution < 1.29 is 33.4 Å². The van der Waals surface area contributed by atoms with Crippen LogP contribution in [0, 0.1) is 0 Å². The second kappa shape index (κ2) is 9.58. The van der Waals surface area contributed by atoms with Gasteiger partial charge in [-0.25, -0.2) is 9.59 Å². The van der Waals surface area contributed by atoms with Crippen LogP contribution in [-0.2, 0) is 22.6 Å². The molecule has 3 aromatic carbocycles. The van der Waals surface area contributed by atoms with E-state index in [4.69, 9.17) is 9.47 Å². The summed E-state index contributed by atoms with van der Waals surface area (Å²) in [5.74, 6) is -1.54. The van der Waals surface area contributed by atoms with E-state index in [2.05, 4.69) is 4.74 Å². The van der Waals surface area contributed by atoms with Gasteiger partial charge < -0.3 is 14.2 Å². The first-order valence-electron chi connectivity index (χ1n) is 10.4. The van der Waals surface area contributed by atoms with Crippen LogP contribution < -0.4 is 4.74 Å². The van der Waals surface area contributed by atoms with E-state index in [1.165, 1.54) is 14.2 Å². The first-order valence-corrected chi connectivity index (χ1v) is 10.4. The van der Waals surface area contributed by atoms with Gasteiger partial charge in [0.05, 0.1) is 37.5 Å². The zero-order valence-corrected chi connectivity index (χ0v) is 18.6. The number of rotatable bonds is 7. The lowest BCUT2D eigenvalue weighted by Crippen LogP contribution is -2.29. The highest BCUT2D eigenvalue weighted by Gasteiger charge is 2.35. The second-order valence-corrected chi connectivity index (χ2v) is 7.54. The molecule has 4 rings (SSSR count). The maximum absolute atomic E-state index is 12.8. The molecule has 0 aromatic heterocycles. The van der Waals surface area contributed by atoms with Crippen LogP contribution in [0.15, 0.2) is 66.7 Å². The Morgan fingerprint density at radius 1 is 0.794 bits per heavy atom. The van der Waals surface area contributed by atoms with E-state index >= 15 is 0 Å². The molecule has 8 nitrogen and oxygen atoms in total. The third-order valence-electron chi connectivity index (χ3n) is 5.45. The van der Waals surface area contributed by atoms with Gasteiger partial charge in [0.15, 0.2) is 0 Å². The Morgan fingerprint density at radius 2 is 1.41 bits per heavy atom. The monoisotopic (exact) mass is 459 g/mol. The molecule has 8 heteroatoms. The highest BCUT2D eigenvalue weighted by atomic mass is 16.5. The number of nitrogens with zero attached hydrogens (tertiary/aromatic N) is 1. The lowest BCUT2D eigenvalue weighted by atomic mass is 10.1. The second-order valence-electron chi connectivity index (χ2n) is 7.54. The van der Waals surface area contributed by atoms with Gasteiger partial charge in [0, 0.05) is 0 Å². The van der Waals surface area contributed by atoms with E-state index in [0.29, 0.717) is 33.6 Å². The lowest BCUT2D eigenvalue weighted by Gasteiger charge is -2.16. The van der Waals surface area contributed by atoms with Crippen molar-refractivity contribution in [3.8, 4) is 5.75 Å². The number of methoxy groups -OCH3 is 2. The molecule has 2 amide bonds. The summed E-state index contributed by atoms with van der Waals surface area (Å²) in [6.07, 6.45) is 0. The fourth-order valence-electron chi connectivity index (χ4n) is 3.66. The number of hydrogen-bond donors (Lipinski definition) is 0. The van der Waals surface area contributed by atoms with Gasteiger partial charge in [0.25, 0.3) is 11.8 Å². The molecule has 34 heavy (non-hydrogen) atoms. The van der Waals surface area contributed by atoms with Crippen LogP contribution in [0.25, 0.3) is 0 Å². The Kier molecular flexibility index (Phi) is 6.40. The van der Waals surface area contributed by atoms with Crippen molar-refractivity contribution in [2.45, 2.75) is 13.2 Å². The summed E-state index contributed by atoms with van der Waals surface area (Å²) in [4.78, 5) is 50.8. The normalized spacial score (nSPS) is 12.4. The van der Waals surface area contributed by atoms with Gasteiger partial charge in [-0.05, 0) is 47.5 Å². The molecule has 0 bridgehead atoms. The average Bonchev–Trinajstić information content (AvgIpc) is 3.12. The summed E-state index contributed by atoms with van der Waals surface area (Å²) in [5.41, 5.74) is 2.53. The summed E-state index contributed by atoms with van der Waals surface area (Å²) in [5, 5.41) is 0. The number of carbonyl (C=O) groups is 4. The molecule has 0 saturated heterocycles. The fraction of sp³-hybridized carbons (Fsp3) is 0.154. The van der Waals surface area contributed by atoms with Crippen LogP contribution in [0.2, 0.25) is 0 Å². The van der Waals surface area contributed by atoms with Gasteiger partial charge in [-0.2, -0.15) is 0 Å². The molecule has 1 aliphatic rings. The third-order valence-corrected chi connectivity index (χ3v) is 5.45. The zero-order chi connectivity index (χ0) is 24.2. The Labute approximate surface area is 195 Å². The van der Waals surface area contributed by atoms with E-state index in [0.717, 1.165) is 4.90 Å². The molecule has 1 aliphatic heterocycles. The first-order chi connectivity index (χ1) is 16.4. The number of amides is 2. The van der Waals surface area contributed by atoms with Crippen LogP contribution in [0.1, 0.15) is 52.6 Å². The molecule has 0 atom stereocenters. The van der Waals surface area contributed by atoms with E-state index < -0.39 is 11.9 Å². The molecule has 1 heterocycles. The maximum Gasteiger partial charge on any atom is 0.342 e. The smallest absolute Gasteiger partial charge is 0.342 e. The van der Waals surface area contributed by atoms with Crippen molar-refractivity contribution >= 4 is 23.8 Å². The lowest BCUT2D eigenvalue weighted by molar-refractivity contribution is 0.0467. The largest absolute Gasteiger partial charge is 0.496 e. The molecular weight excluding hydrogens is 438 g/mol. The fourth-order valence-corrected chi connectivity index (χ4v) is 3.66. The number of benzene rings is 3. The Hall–Kier alpha value is -4.46. The number of esters is 2. The summed E-state index contributed by atoms with van der Waals surface area (Å²) < 4.78 is 15.4. The summed E-state index contributed by atoms with van der Waals surface area (Å²) in [7, 11) is 2.73. The predicted octanol–water partition coefficient (Wildman–Crippen LogP) is 3.64. The van der Waals surface area contributed by atoms with Gasteiger partial charge in [-0.1, -0.05) is 30.3 Å². The highest BCUT2D eigenvalue weighted by molar-refractivity contribution is 6.21. The van der Waals surface area contributed by atoms with E-state index in [9.17, 15) is 19.2 Å². The first kappa shape index (κ1) is 22.7. The van der Waals surface area contributed by atoms with E-state index in [1.807, 2.05) is 0 Å². The minimum atomic E-state index is -0.627. The van der Waals surface area contributed by atoms with Crippen molar-refractivity contribution in [3.05, 3.63) is 100 Å². The Balaban J connectivity index is 1.48.